The van der Waals surface area contributed by atoms with Crippen molar-refractivity contribution in [3.63, 3.8) is 0 Å². The summed E-state index contributed by atoms with van der Waals surface area (Å²) in [4.78, 5) is 17.9. The molecule has 1 aromatic rings. The van der Waals surface area contributed by atoms with E-state index >= 15 is 0 Å². The Morgan fingerprint density at radius 3 is 2.39 bits per heavy atom. The van der Waals surface area contributed by atoms with Crippen molar-refractivity contribution in [2.75, 3.05) is 24.7 Å². The number of likely N-dealkylation sites (tertiary alicyclic amines) is 1. The average Bonchev–Trinajstić information content (AvgIpc) is 3.26. The summed E-state index contributed by atoms with van der Waals surface area (Å²) in [5, 5.41) is 3.13. The van der Waals surface area contributed by atoms with E-state index in [0.717, 1.165) is 49.7 Å². The maximum atomic E-state index is 12.9. The van der Waals surface area contributed by atoms with Crippen molar-refractivity contribution in [1.82, 2.24) is 10.2 Å². The van der Waals surface area contributed by atoms with Gasteiger partial charge >= 0.3 is 0 Å². The number of carbonyl (C=O) groups excluding carboxylic acids is 1. The van der Waals surface area contributed by atoms with Crippen molar-refractivity contribution in [1.29, 1.82) is 0 Å². The summed E-state index contributed by atoms with van der Waals surface area (Å²) in [5.41, 5.74) is 1.44. The minimum absolute atomic E-state index is 0. The van der Waals surface area contributed by atoms with E-state index in [-0.39, 0.29) is 23.9 Å². The SMILES string of the molecule is CC1C(N2CCC3(CC2)C(=O)NCN3c2ccccc2)CC2(C(C)C)CC12.Cl. The van der Waals surface area contributed by atoms with Gasteiger partial charge in [-0.1, -0.05) is 39.0 Å². The standard InChI is InChI=1S/C23H33N3O.ClH/c1-16(2)22-13-19(22)17(3)20(14-22)25-11-9-23(10-12-25)21(27)24-15-26(23)18-7-5-4-6-8-18;/h4-8,16-17,19-20H,9-15H2,1-3H3,(H,24,27);1H. The quantitative estimate of drug-likeness (QED) is 0.831. The van der Waals surface area contributed by atoms with Gasteiger partial charge in [-0.3, -0.25) is 9.69 Å². The van der Waals surface area contributed by atoms with Gasteiger partial charge in [0.25, 0.3) is 0 Å². The molecule has 1 amide bonds. The van der Waals surface area contributed by atoms with Crippen LogP contribution in [0.5, 0.6) is 0 Å². The van der Waals surface area contributed by atoms with E-state index < -0.39 is 0 Å². The number of piperidine rings is 1. The van der Waals surface area contributed by atoms with Gasteiger partial charge in [0, 0.05) is 24.8 Å². The first-order valence-electron chi connectivity index (χ1n) is 10.8. The predicted molar refractivity (Wildman–Crippen MR) is 116 cm³/mol. The number of hydrogen-bond acceptors (Lipinski definition) is 3. The average molecular weight is 404 g/mol. The lowest BCUT2D eigenvalue weighted by atomic mass is 9.83. The fourth-order valence-corrected chi connectivity index (χ4v) is 6.76. The van der Waals surface area contributed by atoms with Crippen LogP contribution in [0.15, 0.2) is 30.3 Å². The van der Waals surface area contributed by atoms with Crippen LogP contribution in [0, 0.1) is 23.2 Å². The van der Waals surface area contributed by atoms with E-state index in [1.807, 2.05) is 6.07 Å². The zero-order chi connectivity index (χ0) is 18.8. The molecule has 5 heteroatoms. The molecule has 4 fully saturated rings. The predicted octanol–water partition coefficient (Wildman–Crippen LogP) is 3.91. The number of para-hydroxylation sites is 1. The molecule has 154 valence electrons. The molecule has 0 aromatic heterocycles. The maximum absolute atomic E-state index is 12.9. The normalized spacial score (nSPS) is 36.4. The van der Waals surface area contributed by atoms with E-state index in [1.165, 1.54) is 18.5 Å². The first-order chi connectivity index (χ1) is 13.0. The molecule has 2 saturated carbocycles. The molecule has 4 nitrogen and oxygen atoms in total. The lowest BCUT2D eigenvalue weighted by molar-refractivity contribution is -0.125. The van der Waals surface area contributed by atoms with E-state index in [2.05, 4.69) is 60.2 Å². The zero-order valence-electron chi connectivity index (χ0n) is 17.4. The zero-order valence-corrected chi connectivity index (χ0v) is 18.2. The molecule has 2 aliphatic heterocycles. The van der Waals surface area contributed by atoms with Crippen molar-refractivity contribution < 1.29 is 4.79 Å². The number of nitrogens with zero attached hydrogens (tertiary/aromatic N) is 2. The first kappa shape index (κ1) is 20.0. The van der Waals surface area contributed by atoms with E-state index in [9.17, 15) is 4.79 Å². The minimum Gasteiger partial charge on any atom is -0.339 e. The lowest BCUT2D eigenvalue weighted by Gasteiger charge is -2.46. The monoisotopic (exact) mass is 403 g/mol. The van der Waals surface area contributed by atoms with Crippen molar-refractivity contribution in [2.24, 2.45) is 23.2 Å². The Morgan fingerprint density at radius 1 is 1.11 bits per heavy atom. The molecule has 28 heavy (non-hydrogen) atoms. The summed E-state index contributed by atoms with van der Waals surface area (Å²) in [6.07, 6.45) is 4.70. The van der Waals surface area contributed by atoms with Gasteiger partial charge in [0.05, 0.1) is 6.67 Å². The van der Waals surface area contributed by atoms with Gasteiger partial charge in [-0.25, -0.2) is 0 Å². The summed E-state index contributed by atoms with van der Waals surface area (Å²) in [7, 11) is 0. The van der Waals surface area contributed by atoms with Crippen LogP contribution in [0.1, 0.15) is 46.5 Å². The topological polar surface area (TPSA) is 35.6 Å². The van der Waals surface area contributed by atoms with Gasteiger partial charge < -0.3 is 10.2 Å². The van der Waals surface area contributed by atoms with Crippen molar-refractivity contribution in [3.8, 4) is 0 Å². The van der Waals surface area contributed by atoms with Gasteiger partial charge in [0.15, 0.2) is 0 Å². The van der Waals surface area contributed by atoms with Gasteiger partial charge in [-0.05, 0) is 61.0 Å². The minimum atomic E-state index is -0.349. The van der Waals surface area contributed by atoms with Crippen LogP contribution in [-0.2, 0) is 4.79 Å². The molecule has 4 unspecified atom stereocenters. The van der Waals surface area contributed by atoms with Crippen LogP contribution < -0.4 is 10.2 Å². The van der Waals surface area contributed by atoms with Crippen LogP contribution in [0.3, 0.4) is 0 Å². The van der Waals surface area contributed by atoms with Crippen LogP contribution in [0.4, 0.5) is 5.69 Å². The van der Waals surface area contributed by atoms with Gasteiger partial charge in [-0.2, -0.15) is 0 Å². The third-order valence-electron chi connectivity index (χ3n) is 8.66. The number of carbonyl (C=O) groups is 1. The molecule has 1 spiro atoms. The number of hydrogen-bond donors (Lipinski definition) is 1. The van der Waals surface area contributed by atoms with Gasteiger partial charge in [-0.15, -0.1) is 12.4 Å². The van der Waals surface area contributed by atoms with E-state index in [0.29, 0.717) is 12.1 Å². The number of halogens is 1. The Labute approximate surface area is 175 Å². The molecule has 1 aromatic carbocycles. The molecule has 0 bridgehead atoms. The van der Waals surface area contributed by atoms with Crippen LogP contribution >= 0.6 is 12.4 Å². The Hall–Kier alpha value is -1.26. The fraction of sp³-hybridized carbons (Fsp3) is 0.696. The highest BCUT2D eigenvalue weighted by Gasteiger charge is 2.66. The Kier molecular flexibility index (Phi) is 4.95. The van der Waals surface area contributed by atoms with E-state index in [4.69, 9.17) is 0 Å². The van der Waals surface area contributed by atoms with Crippen LogP contribution in [0.2, 0.25) is 0 Å². The number of amides is 1. The molecule has 4 aliphatic rings. The molecular weight excluding hydrogens is 370 g/mol. The molecule has 5 rings (SSSR count). The molecule has 2 aliphatic carbocycles. The summed E-state index contributed by atoms with van der Waals surface area (Å²) in [6.45, 7) is 10.1. The van der Waals surface area contributed by atoms with Gasteiger partial charge in [0.2, 0.25) is 5.91 Å². The summed E-state index contributed by atoms with van der Waals surface area (Å²) >= 11 is 0. The Morgan fingerprint density at radius 2 is 1.79 bits per heavy atom. The third kappa shape index (κ3) is 2.71. The Bertz CT molecular complexity index is 731. The first-order valence-corrected chi connectivity index (χ1v) is 10.8. The fourth-order valence-electron chi connectivity index (χ4n) is 6.76. The number of anilines is 1. The number of rotatable bonds is 3. The molecule has 2 heterocycles. The van der Waals surface area contributed by atoms with Crippen LogP contribution in [0.25, 0.3) is 0 Å². The second kappa shape index (κ2) is 6.91. The highest BCUT2D eigenvalue weighted by atomic mass is 35.5. The number of benzene rings is 1. The summed E-state index contributed by atoms with van der Waals surface area (Å²) in [5.74, 6) is 2.78. The maximum Gasteiger partial charge on any atom is 0.247 e. The largest absolute Gasteiger partial charge is 0.339 e. The smallest absolute Gasteiger partial charge is 0.247 e. The molecular formula is C23H34ClN3O. The highest BCUT2D eigenvalue weighted by molar-refractivity contribution is 5.93. The summed E-state index contributed by atoms with van der Waals surface area (Å²) in [6, 6.07) is 11.2. The Balaban J connectivity index is 0.00000192. The number of fused-ring (bicyclic) bond motifs is 1. The van der Waals surface area contributed by atoms with Crippen molar-refractivity contribution in [2.45, 2.75) is 58.0 Å². The van der Waals surface area contributed by atoms with Crippen LogP contribution in [-0.4, -0.2) is 42.1 Å². The van der Waals surface area contributed by atoms with Crippen molar-refractivity contribution >= 4 is 24.0 Å². The lowest BCUT2D eigenvalue weighted by Crippen LogP contribution is -2.58. The molecule has 0 radical (unpaired) electrons. The molecule has 4 atom stereocenters. The summed E-state index contributed by atoms with van der Waals surface area (Å²) < 4.78 is 0. The molecule has 1 N–H and O–H groups in total. The second-order valence-corrected chi connectivity index (χ2v) is 9.82. The third-order valence-corrected chi connectivity index (χ3v) is 8.66. The second-order valence-electron chi connectivity index (χ2n) is 9.82. The van der Waals surface area contributed by atoms with Crippen molar-refractivity contribution in [3.05, 3.63) is 30.3 Å². The highest BCUT2D eigenvalue weighted by Crippen LogP contribution is 2.70. The number of nitrogens with one attached hydrogen (secondary N) is 1. The van der Waals surface area contributed by atoms with Gasteiger partial charge in [0.1, 0.15) is 5.54 Å². The van der Waals surface area contributed by atoms with E-state index in [1.54, 1.807) is 0 Å². The molecule has 2 saturated heterocycles.